The summed E-state index contributed by atoms with van der Waals surface area (Å²) in [5.74, 6) is 6.17. The highest BCUT2D eigenvalue weighted by molar-refractivity contribution is 5.68. The molecule has 18 heavy (non-hydrogen) atoms. The van der Waals surface area contributed by atoms with Gasteiger partial charge in [0.25, 0.3) is 0 Å². The summed E-state index contributed by atoms with van der Waals surface area (Å²) in [4.78, 5) is 4.02. The largest absolute Gasteiger partial charge is 0.395 e. The lowest BCUT2D eigenvalue weighted by Crippen LogP contribution is -2.13. The zero-order valence-electron chi connectivity index (χ0n) is 10.3. The van der Waals surface area contributed by atoms with E-state index in [2.05, 4.69) is 41.6 Å². The molecule has 0 saturated carbocycles. The highest BCUT2D eigenvalue weighted by atomic mass is 15.3. The summed E-state index contributed by atoms with van der Waals surface area (Å²) in [7, 11) is 0. The molecule has 0 atom stereocenters. The smallest absolute Gasteiger partial charge is 0.165 e. The molecule has 7 N–H and O–H groups in total. The molecule has 0 unspecified atom stereocenters. The Bertz CT molecular complexity index is 548. The molecule has 1 heterocycles. The summed E-state index contributed by atoms with van der Waals surface area (Å²) in [5.41, 5.74) is 18.0. The van der Waals surface area contributed by atoms with Gasteiger partial charge in [-0.3, -0.25) is 0 Å². The summed E-state index contributed by atoms with van der Waals surface area (Å²) < 4.78 is 0. The molecule has 0 bridgehead atoms. The number of hydrazine groups is 1. The van der Waals surface area contributed by atoms with Crippen LogP contribution in [-0.4, -0.2) is 4.98 Å². The predicted molar refractivity (Wildman–Crippen MR) is 74.9 cm³/mol. The van der Waals surface area contributed by atoms with Crippen molar-refractivity contribution in [3.8, 4) is 0 Å². The zero-order chi connectivity index (χ0) is 13.1. The van der Waals surface area contributed by atoms with Crippen LogP contribution in [0.3, 0.4) is 0 Å². The Labute approximate surface area is 106 Å². The Morgan fingerprint density at radius 1 is 1.17 bits per heavy atom. The van der Waals surface area contributed by atoms with Gasteiger partial charge in [0.15, 0.2) is 5.82 Å². The molecule has 0 aliphatic rings. The number of benzene rings is 1. The number of nitrogens with zero attached hydrogens (tertiary/aromatic N) is 1. The molecule has 5 heteroatoms. The van der Waals surface area contributed by atoms with Crippen LogP contribution in [0.25, 0.3) is 0 Å². The monoisotopic (exact) mass is 243 g/mol. The van der Waals surface area contributed by atoms with Gasteiger partial charge in [-0.1, -0.05) is 29.8 Å². The Morgan fingerprint density at radius 2 is 1.83 bits per heavy atom. The van der Waals surface area contributed by atoms with Crippen molar-refractivity contribution in [2.24, 2.45) is 5.84 Å². The molecule has 5 nitrogen and oxygen atoms in total. The van der Waals surface area contributed by atoms with Crippen molar-refractivity contribution < 1.29 is 0 Å². The second-order valence-corrected chi connectivity index (χ2v) is 4.28. The molecule has 1 aromatic carbocycles. The highest BCUT2D eigenvalue weighted by Crippen LogP contribution is 2.24. The quantitative estimate of drug-likeness (QED) is 0.482. The second-order valence-electron chi connectivity index (χ2n) is 4.28. The highest BCUT2D eigenvalue weighted by Gasteiger charge is 2.08. The lowest BCUT2D eigenvalue weighted by molar-refractivity contribution is 1.15. The first-order valence-corrected chi connectivity index (χ1v) is 5.67. The Hall–Kier alpha value is -2.27. The average molecular weight is 243 g/mol. The van der Waals surface area contributed by atoms with Gasteiger partial charge >= 0.3 is 0 Å². The van der Waals surface area contributed by atoms with E-state index in [1.54, 1.807) is 6.07 Å². The van der Waals surface area contributed by atoms with Crippen LogP contribution < -0.4 is 22.7 Å². The normalized spacial score (nSPS) is 10.3. The number of hydrogen-bond donors (Lipinski definition) is 4. The van der Waals surface area contributed by atoms with Gasteiger partial charge in [0.05, 0.1) is 5.69 Å². The minimum absolute atomic E-state index is 0.402. The first kappa shape index (κ1) is 12.2. The van der Waals surface area contributed by atoms with Crippen molar-refractivity contribution in [2.45, 2.75) is 13.3 Å². The molecular formula is C13H17N5. The maximum atomic E-state index is 5.98. The number of hydrogen-bond acceptors (Lipinski definition) is 5. The average Bonchev–Trinajstić information content (AvgIpc) is 2.36. The van der Waals surface area contributed by atoms with E-state index >= 15 is 0 Å². The van der Waals surface area contributed by atoms with Gasteiger partial charge in [0, 0.05) is 0 Å². The maximum Gasteiger partial charge on any atom is 0.165 e. The molecule has 1 aromatic heterocycles. The summed E-state index contributed by atoms with van der Waals surface area (Å²) in [6.45, 7) is 2.05. The molecule has 94 valence electrons. The van der Waals surface area contributed by atoms with E-state index in [1.807, 2.05) is 0 Å². The van der Waals surface area contributed by atoms with Crippen molar-refractivity contribution in [3.63, 3.8) is 0 Å². The fourth-order valence-corrected chi connectivity index (χ4v) is 1.81. The second kappa shape index (κ2) is 4.93. The fourth-order valence-electron chi connectivity index (χ4n) is 1.81. The molecule has 0 aliphatic heterocycles. The van der Waals surface area contributed by atoms with Crippen LogP contribution >= 0.6 is 0 Å². The van der Waals surface area contributed by atoms with Crippen molar-refractivity contribution in [1.29, 1.82) is 0 Å². The van der Waals surface area contributed by atoms with Crippen LogP contribution in [0.5, 0.6) is 0 Å². The van der Waals surface area contributed by atoms with Crippen molar-refractivity contribution in [2.75, 3.05) is 16.9 Å². The van der Waals surface area contributed by atoms with Gasteiger partial charge < -0.3 is 16.9 Å². The summed E-state index contributed by atoms with van der Waals surface area (Å²) in [6, 6.07) is 10.0. The number of rotatable bonds is 3. The number of nitrogens with one attached hydrogen (secondary N) is 1. The third-order valence-electron chi connectivity index (χ3n) is 2.82. The van der Waals surface area contributed by atoms with Gasteiger partial charge in [-0.15, -0.1) is 0 Å². The van der Waals surface area contributed by atoms with Crippen molar-refractivity contribution in [1.82, 2.24) is 4.98 Å². The van der Waals surface area contributed by atoms with Crippen molar-refractivity contribution >= 4 is 17.3 Å². The van der Waals surface area contributed by atoms with Gasteiger partial charge in [-0.25, -0.2) is 10.8 Å². The van der Waals surface area contributed by atoms with Crippen LogP contribution in [0, 0.1) is 6.92 Å². The van der Waals surface area contributed by atoms with Gasteiger partial charge in [-0.2, -0.15) is 0 Å². The number of pyridine rings is 1. The topological polar surface area (TPSA) is 103 Å². The molecule has 2 rings (SSSR count). The van der Waals surface area contributed by atoms with E-state index in [4.69, 9.17) is 17.3 Å². The van der Waals surface area contributed by atoms with Crippen LogP contribution in [0.2, 0.25) is 0 Å². The SMILES string of the molecule is Cc1ccc(Cc2cc(N)nc(NN)c2N)cc1. The Morgan fingerprint density at radius 3 is 2.44 bits per heavy atom. The molecule has 0 fully saturated rings. The number of anilines is 3. The number of nitrogen functional groups attached to an aromatic ring is 3. The standard InChI is InChI=1S/C13H17N5/c1-8-2-4-9(5-3-8)6-10-7-11(14)17-13(18-16)12(10)15/h2-5,7H,6,15-16H2,1H3,(H3,14,17,18). The van der Waals surface area contributed by atoms with E-state index in [0.29, 0.717) is 23.7 Å². The third kappa shape index (κ3) is 2.52. The van der Waals surface area contributed by atoms with Gasteiger partial charge in [-0.05, 0) is 30.5 Å². The summed E-state index contributed by atoms with van der Waals surface area (Å²) >= 11 is 0. The molecule has 0 amide bonds. The Kier molecular flexibility index (Phi) is 3.34. The predicted octanol–water partition coefficient (Wildman–Crippen LogP) is 1.43. The number of aryl methyl sites for hydroxylation is 1. The van der Waals surface area contributed by atoms with E-state index in [0.717, 1.165) is 5.56 Å². The minimum Gasteiger partial charge on any atom is -0.395 e. The van der Waals surface area contributed by atoms with E-state index in [-0.39, 0.29) is 0 Å². The van der Waals surface area contributed by atoms with E-state index < -0.39 is 0 Å². The maximum absolute atomic E-state index is 5.98. The molecule has 0 radical (unpaired) electrons. The zero-order valence-corrected chi connectivity index (χ0v) is 10.3. The summed E-state index contributed by atoms with van der Waals surface area (Å²) in [6.07, 6.45) is 0.702. The molecule has 0 aliphatic carbocycles. The molecule has 2 aromatic rings. The third-order valence-corrected chi connectivity index (χ3v) is 2.82. The fraction of sp³-hybridized carbons (Fsp3) is 0.154. The van der Waals surface area contributed by atoms with Crippen molar-refractivity contribution in [3.05, 3.63) is 47.0 Å². The lowest BCUT2D eigenvalue weighted by Gasteiger charge is -2.11. The van der Waals surface area contributed by atoms with Gasteiger partial charge in [0.2, 0.25) is 0 Å². The molecule has 0 spiro atoms. The first-order chi connectivity index (χ1) is 8.60. The van der Waals surface area contributed by atoms with Crippen LogP contribution in [0.4, 0.5) is 17.3 Å². The van der Waals surface area contributed by atoms with Crippen LogP contribution in [0.15, 0.2) is 30.3 Å². The molecule has 0 saturated heterocycles. The lowest BCUT2D eigenvalue weighted by atomic mass is 10.0. The van der Waals surface area contributed by atoms with Crippen LogP contribution in [0.1, 0.15) is 16.7 Å². The summed E-state index contributed by atoms with van der Waals surface area (Å²) in [5, 5.41) is 0. The Balaban J connectivity index is 2.34. The minimum atomic E-state index is 0.402. The number of aromatic nitrogens is 1. The number of nitrogens with two attached hydrogens (primary N) is 3. The van der Waals surface area contributed by atoms with E-state index in [9.17, 15) is 0 Å². The molecular weight excluding hydrogens is 226 g/mol. The van der Waals surface area contributed by atoms with Crippen LogP contribution in [-0.2, 0) is 6.42 Å². The van der Waals surface area contributed by atoms with Gasteiger partial charge in [0.1, 0.15) is 5.82 Å². The first-order valence-electron chi connectivity index (χ1n) is 5.67. The van der Waals surface area contributed by atoms with E-state index in [1.165, 1.54) is 11.1 Å².